The molecule has 2 N–H and O–H groups in total. The van der Waals surface area contributed by atoms with E-state index in [1.165, 1.54) is 5.56 Å². The maximum absolute atomic E-state index is 12.5. The first kappa shape index (κ1) is 19.9. The third kappa shape index (κ3) is 6.15. The molecule has 5 heteroatoms. The molecule has 0 bridgehead atoms. The van der Waals surface area contributed by atoms with Gasteiger partial charge in [-0.25, -0.2) is 0 Å². The van der Waals surface area contributed by atoms with Gasteiger partial charge >= 0.3 is 0 Å². The number of hydrogen-bond donors (Lipinski definition) is 2. The Kier molecular flexibility index (Phi) is 6.75. The van der Waals surface area contributed by atoms with E-state index in [1.807, 2.05) is 18.2 Å². The molecule has 0 spiro atoms. The van der Waals surface area contributed by atoms with Crippen LogP contribution in [0.4, 0.5) is 11.4 Å². The summed E-state index contributed by atoms with van der Waals surface area (Å²) in [6, 6.07) is 9.82. The molecule has 0 atom stereocenters. The second-order valence-corrected chi connectivity index (χ2v) is 7.83. The molecule has 0 saturated carbocycles. The molecule has 2 rings (SSSR count). The summed E-state index contributed by atoms with van der Waals surface area (Å²) >= 11 is 0. The fourth-order valence-electron chi connectivity index (χ4n) is 2.55. The van der Waals surface area contributed by atoms with Gasteiger partial charge < -0.3 is 15.5 Å². The highest BCUT2D eigenvalue weighted by molar-refractivity contribution is 6.04. The summed E-state index contributed by atoms with van der Waals surface area (Å²) in [4.78, 5) is 18.8. The van der Waals surface area contributed by atoms with E-state index in [0.29, 0.717) is 5.56 Å². The lowest BCUT2D eigenvalue weighted by Gasteiger charge is -2.19. The lowest BCUT2D eigenvalue weighted by molar-refractivity contribution is 0.102. The molecule has 5 nitrogen and oxygen atoms in total. The third-order valence-electron chi connectivity index (χ3n) is 4.12. The van der Waals surface area contributed by atoms with Gasteiger partial charge in [-0.15, -0.1) is 0 Å². The molecule has 1 aromatic carbocycles. The van der Waals surface area contributed by atoms with Crippen molar-refractivity contribution in [3.63, 3.8) is 0 Å². The molecule has 1 aromatic heterocycles. The summed E-state index contributed by atoms with van der Waals surface area (Å²) in [6.45, 7) is 8.38. The molecule has 0 fully saturated rings. The summed E-state index contributed by atoms with van der Waals surface area (Å²) in [5.74, 6) is -0.155. The average molecular weight is 354 g/mol. The maximum atomic E-state index is 12.5. The Morgan fingerprint density at radius 3 is 2.38 bits per heavy atom. The number of carbonyl (C=O) groups is 1. The van der Waals surface area contributed by atoms with Gasteiger partial charge in [0, 0.05) is 24.6 Å². The van der Waals surface area contributed by atoms with Gasteiger partial charge in [-0.1, -0.05) is 32.9 Å². The monoisotopic (exact) mass is 354 g/mol. The van der Waals surface area contributed by atoms with Crippen molar-refractivity contribution in [2.24, 2.45) is 0 Å². The van der Waals surface area contributed by atoms with Crippen LogP contribution in [0.1, 0.15) is 43.1 Å². The topological polar surface area (TPSA) is 57.3 Å². The summed E-state index contributed by atoms with van der Waals surface area (Å²) in [5.41, 5.74) is 3.52. The van der Waals surface area contributed by atoms with Crippen molar-refractivity contribution >= 4 is 17.3 Å². The molecule has 0 saturated heterocycles. The van der Waals surface area contributed by atoms with E-state index < -0.39 is 0 Å². The number of benzene rings is 1. The molecule has 0 unspecified atom stereocenters. The van der Waals surface area contributed by atoms with E-state index in [2.05, 4.69) is 67.5 Å². The summed E-state index contributed by atoms with van der Waals surface area (Å²) in [7, 11) is 4.11. The van der Waals surface area contributed by atoms with Crippen molar-refractivity contribution in [1.82, 2.24) is 9.88 Å². The highest BCUT2D eigenvalue weighted by Crippen LogP contribution is 2.23. The Hall–Kier alpha value is -2.40. The van der Waals surface area contributed by atoms with E-state index in [0.717, 1.165) is 30.9 Å². The van der Waals surface area contributed by atoms with E-state index in [1.54, 1.807) is 12.4 Å². The van der Waals surface area contributed by atoms with Crippen LogP contribution in [0, 0.1) is 0 Å². The first-order valence-corrected chi connectivity index (χ1v) is 9.01. The van der Waals surface area contributed by atoms with Crippen molar-refractivity contribution < 1.29 is 4.79 Å². The largest absolute Gasteiger partial charge is 0.384 e. The maximum Gasteiger partial charge on any atom is 0.257 e. The molecule has 140 valence electrons. The number of amides is 1. The molecule has 26 heavy (non-hydrogen) atoms. The van der Waals surface area contributed by atoms with Gasteiger partial charge in [0.05, 0.1) is 11.3 Å². The van der Waals surface area contributed by atoms with Crippen molar-refractivity contribution in [1.29, 1.82) is 0 Å². The van der Waals surface area contributed by atoms with Crippen molar-refractivity contribution in [2.45, 2.75) is 32.6 Å². The minimum absolute atomic E-state index is 0.0963. The molecule has 0 aliphatic carbocycles. The van der Waals surface area contributed by atoms with Crippen molar-refractivity contribution in [3.8, 4) is 0 Å². The average Bonchev–Trinajstić information content (AvgIpc) is 2.58. The van der Waals surface area contributed by atoms with Crippen LogP contribution >= 0.6 is 0 Å². The quantitative estimate of drug-likeness (QED) is 0.738. The predicted octanol–water partition coefficient (Wildman–Crippen LogP) is 4.00. The first-order chi connectivity index (χ1) is 12.3. The van der Waals surface area contributed by atoms with Crippen LogP contribution < -0.4 is 10.6 Å². The van der Waals surface area contributed by atoms with E-state index in [-0.39, 0.29) is 11.3 Å². The minimum atomic E-state index is -0.155. The fraction of sp³-hybridized carbons (Fsp3) is 0.429. The van der Waals surface area contributed by atoms with Crippen LogP contribution in [0.3, 0.4) is 0 Å². The van der Waals surface area contributed by atoms with Gasteiger partial charge in [-0.05, 0) is 56.2 Å². The Morgan fingerprint density at radius 1 is 1.08 bits per heavy atom. The van der Waals surface area contributed by atoms with Gasteiger partial charge in [0.15, 0.2) is 0 Å². The molecule has 1 amide bonds. The Morgan fingerprint density at radius 2 is 1.77 bits per heavy atom. The standard InChI is InChI=1S/C21H30N4O/c1-21(2,3)17-7-9-18(10-8-17)24-20(26)16-13-19(15-22-14-16)23-11-6-12-25(4)5/h7-10,13-15,23H,6,11-12H2,1-5H3,(H,24,26). The lowest BCUT2D eigenvalue weighted by atomic mass is 9.87. The number of nitrogens with one attached hydrogen (secondary N) is 2. The van der Waals surface area contributed by atoms with E-state index in [9.17, 15) is 4.79 Å². The van der Waals surface area contributed by atoms with Gasteiger partial charge in [0.25, 0.3) is 5.91 Å². The zero-order chi connectivity index (χ0) is 19.2. The van der Waals surface area contributed by atoms with Crippen molar-refractivity contribution in [2.75, 3.05) is 37.8 Å². The number of hydrogen-bond acceptors (Lipinski definition) is 4. The van der Waals surface area contributed by atoms with Crippen LogP contribution in [0.15, 0.2) is 42.7 Å². The molecular formula is C21H30N4O. The number of rotatable bonds is 7. The highest BCUT2D eigenvalue weighted by Gasteiger charge is 2.13. The van der Waals surface area contributed by atoms with Gasteiger partial charge in [0.2, 0.25) is 0 Å². The zero-order valence-electron chi connectivity index (χ0n) is 16.5. The second-order valence-electron chi connectivity index (χ2n) is 7.83. The van der Waals surface area contributed by atoms with Crippen LogP contribution in [0.5, 0.6) is 0 Å². The van der Waals surface area contributed by atoms with Gasteiger partial charge in [-0.3, -0.25) is 9.78 Å². The van der Waals surface area contributed by atoms with Crippen LogP contribution in [0.2, 0.25) is 0 Å². The SMILES string of the molecule is CN(C)CCCNc1cncc(C(=O)Nc2ccc(C(C)(C)C)cc2)c1. The van der Waals surface area contributed by atoms with Crippen molar-refractivity contribution in [3.05, 3.63) is 53.9 Å². The fourth-order valence-corrected chi connectivity index (χ4v) is 2.55. The predicted molar refractivity (Wildman–Crippen MR) is 109 cm³/mol. The Bertz CT molecular complexity index is 718. The van der Waals surface area contributed by atoms with Gasteiger partial charge in [0.1, 0.15) is 0 Å². The first-order valence-electron chi connectivity index (χ1n) is 9.01. The highest BCUT2D eigenvalue weighted by atomic mass is 16.1. The van der Waals surface area contributed by atoms with Gasteiger partial charge in [-0.2, -0.15) is 0 Å². The van der Waals surface area contributed by atoms with E-state index in [4.69, 9.17) is 0 Å². The lowest BCUT2D eigenvalue weighted by Crippen LogP contribution is -2.17. The van der Waals surface area contributed by atoms with Crippen LogP contribution in [-0.2, 0) is 5.41 Å². The van der Waals surface area contributed by atoms with Crippen LogP contribution in [0.25, 0.3) is 0 Å². The molecule has 0 aliphatic rings. The third-order valence-corrected chi connectivity index (χ3v) is 4.12. The van der Waals surface area contributed by atoms with Crippen LogP contribution in [-0.4, -0.2) is 43.0 Å². The number of nitrogens with zero attached hydrogens (tertiary/aromatic N) is 2. The van der Waals surface area contributed by atoms with E-state index >= 15 is 0 Å². The normalized spacial score (nSPS) is 11.5. The number of anilines is 2. The summed E-state index contributed by atoms with van der Waals surface area (Å²) in [5, 5.41) is 6.25. The number of aromatic nitrogens is 1. The minimum Gasteiger partial charge on any atom is -0.384 e. The second kappa shape index (κ2) is 8.81. The molecular weight excluding hydrogens is 324 g/mol. The molecule has 2 aromatic rings. The number of pyridine rings is 1. The molecule has 1 heterocycles. The Balaban J connectivity index is 1.96. The molecule has 0 aliphatic heterocycles. The summed E-state index contributed by atoms with van der Waals surface area (Å²) < 4.78 is 0. The zero-order valence-corrected chi connectivity index (χ0v) is 16.5. The molecule has 0 radical (unpaired) electrons. The Labute approximate surface area is 156 Å². The smallest absolute Gasteiger partial charge is 0.257 e. The summed E-state index contributed by atoms with van der Waals surface area (Å²) in [6.07, 6.45) is 4.36. The number of carbonyl (C=O) groups excluding carboxylic acids is 1.